The van der Waals surface area contributed by atoms with Crippen LogP contribution in [0.1, 0.15) is 0 Å². The van der Waals surface area contributed by atoms with Crippen molar-refractivity contribution in [3.63, 3.8) is 0 Å². The van der Waals surface area contributed by atoms with Crippen LogP contribution in [0.25, 0.3) is 22.5 Å². The van der Waals surface area contributed by atoms with Crippen molar-refractivity contribution in [3.8, 4) is 11.6 Å². The van der Waals surface area contributed by atoms with Crippen molar-refractivity contribution >= 4 is 45.6 Å². The van der Waals surface area contributed by atoms with Gasteiger partial charge in [-0.15, -0.1) is 0 Å². The maximum atomic E-state index is 6.09. The highest BCUT2D eigenvalue weighted by Gasteiger charge is 2.11. The maximum Gasteiger partial charge on any atom is 0.198 e. The minimum absolute atomic E-state index is 0.478. The summed E-state index contributed by atoms with van der Waals surface area (Å²) < 4.78 is 5.42. The molecule has 24 heavy (non-hydrogen) atoms. The van der Waals surface area contributed by atoms with Gasteiger partial charge in [-0.1, -0.05) is 35.3 Å². The highest BCUT2D eigenvalue weighted by Crippen LogP contribution is 2.30. The van der Waals surface area contributed by atoms with Crippen LogP contribution < -0.4 is 5.32 Å². The van der Waals surface area contributed by atoms with E-state index in [0.29, 0.717) is 27.4 Å². The van der Waals surface area contributed by atoms with E-state index in [4.69, 9.17) is 27.6 Å². The molecule has 0 saturated carbocycles. The zero-order chi connectivity index (χ0) is 16.5. The zero-order valence-corrected chi connectivity index (χ0v) is 13.8. The maximum absolute atomic E-state index is 6.09. The molecular formula is C18H11Cl2N3O. The molecular weight excluding hydrogens is 345 g/mol. The number of nitrogens with one attached hydrogen (secondary N) is 1. The SMILES string of the molecule is Clc1ccc(Nc2nc(-c3ccco3)nc3ccccc23)cc1Cl. The molecule has 0 aliphatic heterocycles. The number of anilines is 2. The predicted molar refractivity (Wildman–Crippen MR) is 97.0 cm³/mol. The van der Waals surface area contributed by atoms with Gasteiger partial charge < -0.3 is 9.73 Å². The second kappa shape index (κ2) is 6.15. The van der Waals surface area contributed by atoms with Crippen LogP contribution in [0.4, 0.5) is 11.5 Å². The summed E-state index contributed by atoms with van der Waals surface area (Å²) >= 11 is 12.1. The summed E-state index contributed by atoms with van der Waals surface area (Å²) in [5.74, 6) is 1.80. The van der Waals surface area contributed by atoms with E-state index >= 15 is 0 Å². The van der Waals surface area contributed by atoms with Crippen molar-refractivity contribution in [2.24, 2.45) is 0 Å². The molecule has 2 aromatic carbocycles. The first-order valence-electron chi connectivity index (χ1n) is 7.23. The van der Waals surface area contributed by atoms with Gasteiger partial charge in [0.2, 0.25) is 0 Å². The number of para-hydroxylation sites is 1. The van der Waals surface area contributed by atoms with E-state index in [1.165, 1.54) is 0 Å². The Balaban J connectivity index is 1.85. The quantitative estimate of drug-likeness (QED) is 0.494. The molecule has 0 amide bonds. The van der Waals surface area contributed by atoms with Crippen molar-refractivity contribution in [2.45, 2.75) is 0 Å². The van der Waals surface area contributed by atoms with Crippen LogP contribution in [-0.4, -0.2) is 9.97 Å². The first kappa shape index (κ1) is 15.0. The van der Waals surface area contributed by atoms with E-state index in [1.807, 2.05) is 36.4 Å². The minimum atomic E-state index is 0.478. The van der Waals surface area contributed by atoms with Crippen molar-refractivity contribution < 1.29 is 4.42 Å². The molecule has 0 fully saturated rings. The van der Waals surface area contributed by atoms with Crippen LogP contribution in [0, 0.1) is 0 Å². The second-order valence-electron chi connectivity index (χ2n) is 5.14. The molecule has 0 atom stereocenters. The molecule has 6 heteroatoms. The molecule has 4 aromatic rings. The summed E-state index contributed by atoms with van der Waals surface area (Å²) in [5.41, 5.74) is 1.61. The van der Waals surface area contributed by atoms with Crippen LogP contribution >= 0.6 is 23.2 Å². The minimum Gasteiger partial charge on any atom is -0.461 e. The molecule has 0 saturated heterocycles. The monoisotopic (exact) mass is 355 g/mol. The van der Waals surface area contributed by atoms with Gasteiger partial charge in [0.25, 0.3) is 0 Å². The molecule has 0 unspecified atom stereocenters. The third kappa shape index (κ3) is 2.82. The fraction of sp³-hybridized carbons (Fsp3) is 0. The smallest absolute Gasteiger partial charge is 0.198 e. The first-order chi connectivity index (χ1) is 11.7. The van der Waals surface area contributed by atoms with E-state index in [9.17, 15) is 0 Å². The lowest BCUT2D eigenvalue weighted by Crippen LogP contribution is -1.99. The van der Waals surface area contributed by atoms with Crippen LogP contribution in [-0.2, 0) is 0 Å². The highest BCUT2D eigenvalue weighted by molar-refractivity contribution is 6.42. The molecule has 118 valence electrons. The molecule has 4 nitrogen and oxygen atoms in total. The van der Waals surface area contributed by atoms with Crippen LogP contribution in [0.2, 0.25) is 10.0 Å². The molecule has 2 heterocycles. The van der Waals surface area contributed by atoms with Crippen molar-refractivity contribution in [1.82, 2.24) is 9.97 Å². The van der Waals surface area contributed by atoms with E-state index in [1.54, 1.807) is 24.5 Å². The number of fused-ring (bicyclic) bond motifs is 1. The molecule has 0 bridgehead atoms. The van der Waals surface area contributed by atoms with Crippen LogP contribution in [0.3, 0.4) is 0 Å². The third-order valence-corrected chi connectivity index (χ3v) is 4.27. The first-order valence-corrected chi connectivity index (χ1v) is 7.99. The predicted octanol–water partition coefficient (Wildman–Crippen LogP) is 5.94. The largest absolute Gasteiger partial charge is 0.461 e. The van der Waals surface area contributed by atoms with Gasteiger partial charge in [-0.3, -0.25) is 0 Å². The summed E-state index contributed by atoms with van der Waals surface area (Å²) in [6.07, 6.45) is 1.60. The molecule has 0 radical (unpaired) electrons. The number of nitrogens with zero attached hydrogens (tertiary/aromatic N) is 2. The Labute approximate surface area is 148 Å². The Hall–Kier alpha value is -2.56. The van der Waals surface area contributed by atoms with Crippen molar-refractivity contribution in [2.75, 3.05) is 5.32 Å². The Kier molecular flexibility index (Phi) is 3.84. The van der Waals surface area contributed by atoms with Crippen LogP contribution in [0.15, 0.2) is 65.3 Å². The van der Waals surface area contributed by atoms with Gasteiger partial charge in [0.1, 0.15) is 5.82 Å². The molecule has 0 spiro atoms. The van der Waals surface area contributed by atoms with E-state index in [2.05, 4.69) is 15.3 Å². The lowest BCUT2D eigenvalue weighted by Gasteiger charge is -2.11. The lowest BCUT2D eigenvalue weighted by molar-refractivity contribution is 0.577. The Morgan fingerprint density at radius 1 is 0.875 bits per heavy atom. The third-order valence-electron chi connectivity index (χ3n) is 3.53. The van der Waals surface area contributed by atoms with Gasteiger partial charge in [-0.25, -0.2) is 9.97 Å². The summed E-state index contributed by atoms with van der Waals surface area (Å²) in [5, 5.41) is 5.17. The number of aromatic nitrogens is 2. The number of halogens is 2. The summed E-state index contributed by atoms with van der Waals surface area (Å²) in [6, 6.07) is 16.7. The molecule has 1 N–H and O–H groups in total. The zero-order valence-electron chi connectivity index (χ0n) is 12.3. The van der Waals surface area contributed by atoms with Gasteiger partial charge in [0.05, 0.1) is 21.8 Å². The molecule has 4 rings (SSSR count). The van der Waals surface area contributed by atoms with Gasteiger partial charge in [0, 0.05) is 11.1 Å². The van der Waals surface area contributed by atoms with Crippen molar-refractivity contribution in [1.29, 1.82) is 0 Å². The Morgan fingerprint density at radius 2 is 1.75 bits per heavy atom. The number of hydrogen-bond donors (Lipinski definition) is 1. The number of rotatable bonds is 3. The van der Waals surface area contributed by atoms with Gasteiger partial charge in [-0.05, 0) is 42.5 Å². The summed E-state index contributed by atoms with van der Waals surface area (Å²) in [4.78, 5) is 9.16. The van der Waals surface area contributed by atoms with Gasteiger partial charge in [0.15, 0.2) is 11.6 Å². The number of furan rings is 1. The number of hydrogen-bond acceptors (Lipinski definition) is 4. The normalized spacial score (nSPS) is 10.9. The average molecular weight is 356 g/mol. The molecule has 0 aliphatic rings. The molecule has 2 aromatic heterocycles. The molecule has 0 aliphatic carbocycles. The fourth-order valence-electron chi connectivity index (χ4n) is 2.40. The standard InChI is InChI=1S/C18H11Cl2N3O/c19-13-8-7-11(10-14(13)20)21-17-12-4-1-2-5-15(12)22-18(23-17)16-6-3-9-24-16/h1-10H,(H,21,22,23). The Bertz CT molecular complexity index is 1020. The van der Waals surface area contributed by atoms with E-state index in [-0.39, 0.29) is 0 Å². The van der Waals surface area contributed by atoms with E-state index < -0.39 is 0 Å². The van der Waals surface area contributed by atoms with Crippen molar-refractivity contribution in [3.05, 3.63) is 70.9 Å². The summed E-state index contributed by atoms with van der Waals surface area (Å²) in [7, 11) is 0. The topological polar surface area (TPSA) is 51.0 Å². The van der Waals surface area contributed by atoms with Gasteiger partial charge in [-0.2, -0.15) is 0 Å². The van der Waals surface area contributed by atoms with Crippen LogP contribution in [0.5, 0.6) is 0 Å². The second-order valence-corrected chi connectivity index (χ2v) is 5.96. The van der Waals surface area contributed by atoms with E-state index in [0.717, 1.165) is 16.6 Å². The fourth-order valence-corrected chi connectivity index (χ4v) is 2.70. The summed E-state index contributed by atoms with van der Waals surface area (Å²) in [6.45, 7) is 0. The van der Waals surface area contributed by atoms with Gasteiger partial charge >= 0.3 is 0 Å². The lowest BCUT2D eigenvalue weighted by atomic mass is 10.2. The Morgan fingerprint density at radius 3 is 2.54 bits per heavy atom. The highest BCUT2D eigenvalue weighted by atomic mass is 35.5. The number of benzene rings is 2. The average Bonchev–Trinajstić information content (AvgIpc) is 3.13.